The molecule has 0 amide bonds. The maximum absolute atomic E-state index is 3.60. The normalized spacial score (nSPS) is 33.4. The van der Waals surface area contributed by atoms with Crippen LogP contribution in [0.4, 0.5) is 0 Å². The SMILES string of the molecule is CC(CCC1CCCN1)CC1CCCN1. The molecule has 0 aliphatic carbocycles. The molecular formula is C13H26N2. The second kappa shape index (κ2) is 5.86. The summed E-state index contributed by atoms with van der Waals surface area (Å²) in [6, 6.07) is 1.67. The number of nitrogens with one attached hydrogen (secondary N) is 2. The summed E-state index contributed by atoms with van der Waals surface area (Å²) in [5.41, 5.74) is 0. The van der Waals surface area contributed by atoms with Crippen molar-refractivity contribution >= 4 is 0 Å². The van der Waals surface area contributed by atoms with E-state index < -0.39 is 0 Å². The third-order valence-corrected chi connectivity index (χ3v) is 4.02. The summed E-state index contributed by atoms with van der Waals surface area (Å²) >= 11 is 0. The van der Waals surface area contributed by atoms with Crippen molar-refractivity contribution < 1.29 is 0 Å². The van der Waals surface area contributed by atoms with Gasteiger partial charge >= 0.3 is 0 Å². The summed E-state index contributed by atoms with van der Waals surface area (Å²) in [5, 5.41) is 7.19. The third kappa shape index (κ3) is 3.76. The molecule has 0 radical (unpaired) electrons. The Morgan fingerprint density at radius 1 is 1.07 bits per heavy atom. The zero-order valence-electron chi connectivity index (χ0n) is 10.1. The lowest BCUT2D eigenvalue weighted by molar-refractivity contribution is 0.384. The predicted octanol–water partition coefficient (Wildman–Crippen LogP) is 2.30. The monoisotopic (exact) mass is 210 g/mol. The summed E-state index contributed by atoms with van der Waals surface area (Å²) < 4.78 is 0. The van der Waals surface area contributed by atoms with Gasteiger partial charge in [-0.25, -0.2) is 0 Å². The van der Waals surface area contributed by atoms with Crippen LogP contribution in [-0.4, -0.2) is 25.2 Å². The highest BCUT2D eigenvalue weighted by Crippen LogP contribution is 2.21. The molecule has 0 aromatic heterocycles. The van der Waals surface area contributed by atoms with Gasteiger partial charge in [-0.15, -0.1) is 0 Å². The summed E-state index contributed by atoms with van der Waals surface area (Å²) in [5.74, 6) is 0.906. The number of hydrogen-bond donors (Lipinski definition) is 2. The highest BCUT2D eigenvalue weighted by molar-refractivity contribution is 4.78. The minimum Gasteiger partial charge on any atom is -0.314 e. The Bertz CT molecular complexity index is 169. The van der Waals surface area contributed by atoms with Crippen molar-refractivity contribution in [3.63, 3.8) is 0 Å². The maximum Gasteiger partial charge on any atom is 0.00700 e. The number of rotatable bonds is 5. The zero-order valence-corrected chi connectivity index (χ0v) is 10.1. The predicted molar refractivity (Wildman–Crippen MR) is 65.1 cm³/mol. The van der Waals surface area contributed by atoms with E-state index in [2.05, 4.69) is 17.6 Å². The topological polar surface area (TPSA) is 24.1 Å². The highest BCUT2D eigenvalue weighted by Gasteiger charge is 2.19. The van der Waals surface area contributed by atoms with Gasteiger partial charge in [0, 0.05) is 12.1 Å². The largest absolute Gasteiger partial charge is 0.314 e. The van der Waals surface area contributed by atoms with Crippen LogP contribution in [0.15, 0.2) is 0 Å². The Hall–Kier alpha value is -0.0800. The van der Waals surface area contributed by atoms with Gasteiger partial charge in [-0.1, -0.05) is 6.92 Å². The van der Waals surface area contributed by atoms with Gasteiger partial charge in [-0.05, 0) is 64.0 Å². The molecule has 0 spiro atoms. The lowest BCUT2D eigenvalue weighted by Crippen LogP contribution is -2.25. The van der Waals surface area contributed by atoms with E-state index in [4.69, 9.17) is 0 Å². The summed E-state index contributed by atoms with van der Waals surface area (Å²) in [7, 11) is 0. The van der Waals surface area contributed by atoms with E-state index in [9.17, 15) is 0 Å². The maximum atomic E-state index is 3.60. The van der Waals surface area contributed by atoms with Crippen LogP contribution in [0.2, 0.25) is 0 Å². The minimum atomic E-state index is 0.830. The first-order valence-corrected chi connectivity index (χ1v) is 6.81. The van der Waals surface area contributed by atoms with Gasteiger partial charge in [-0.2, -0.15) is 0 Å². The Kier molecular flexibility index (Phi) is 4.45. The lowest BCUT2D eigenvalue weighted by Gasteiger charge is -2.18. The minimum absolute atomic E-state index is 0.830. The van der Waals surface area contributed by atoms with Crippen molar-refractivity contribution in [1.29, 1.82) is 0 Å². The molecule has 2 heteroatoms. The van der Waals surface area contributed by atoms with E-state index in [1.807, 2.05) is 0 Å². The van der Waals surface area contributed by atoms with E-state index in [1.54, 1.807) is 0 Å². The van der Waals surface area contributed by atoms with Crippen LogP contribution < -0.4 is 10.6 Å². The molecule has 2 saturated heterocycles. The van der Waals surface area contributed by atoms with Gasteiger partial charge in [0.15, 0.2) is 0 Å². The molecule has 15 heavy (non-hydrogen) atoms. The molecule has 2 nitrogen and oxygen atoms in total. The molecule has 2 heterocycles. The molecule has 2 aliphatic heterocycles. The molecule has 0 bridgehead atoms. The quantitative estimate of drug-likeness (QED) is 0.727. The average molecular weight is 210 g/mol. The summed E-state index contributed by atoms with van der Waals surface area (Å²) in [6.07, 6.45) is 9.81. The molecule has 2 aliphatic rings. The molecule has 0 aromatic rings. The average Bonchev–Trinajstić information content (AvgIpc) is 2.86. The van der Waals surface area contributed by atoms with E-state index in [1.165, 1.54) is 58.0 Å². The van der Waals surface area contributed by atoms with Gasteiger partial charge in [0.1, 0.15) is 0 Å². The molecule has 88 valence electrons. The van der Waals surface area contributed by atoms with Crippen LogP contribution >= 0.6 is 0 Å². The molecule has 0 aromatic carbocycles. The second-order valence-electron chi connectivity index (χ2n) is 5.50. The van der Waals surface area contributed by atoms with Crippen molar-refractivity contribution in [2.75, 3.05) is 13.1 Å². The smallest absolute Gasteiger partial charge is 0.00700 e. The molecule has 3 unspecified atom stereocenters. The van der Waals surface area contributed by atoms with Crippen molar-refractivity contribution in [2.45, 2.75) is 64.0 Å². The fourth-order valence-corrected chi connectivity index (χ4v) is 3.05. The van der Waals surface area contributed by atoms with Gasteiger partial charge < -0.3 is 10.6 Å². The third-order valence-electron chi connectivity index (χ3n) is 4.02. The molecule has 0 saturated carbocycles. The van der Waals surface area contributed by atoms with Crippen molar-refractivity contribution in [3.8, 4) is 0 Å². The first-order valence-electron chi connectivity index (χ1n) is 6.81. The molecule has 2 rings (SSSR count). The summed E-state index contributed by atoms with van der Waals surface area (Å²) in [4.78, 5) is 0. The van der Waals surface area contributed by atoms with Gasteiger partial charge in [0.2, 0.25) is 0 Å². The van der Waals surface area contributed by atoms with E-state index >= 15 is 0 Å². The molecule has 3 atom stereocenters. The fourth-order valence-electron chi connectivity index (χ4n) is 3.05. The van der Waals surface area contributed by atoms with Crippen LogP contribution in [0.3, 0.4) is 0 Å². The van der Waals surface area contributed by atoms with Gasteiger partial charge in [-0.3, -0.25) is 0 Å². The van der Waals surface area contributed by atoms with Gasteiger partial charge in [0.25, 0.3) is 0 Å². The highest BCUT2D eigenvalue weighted by atomic mass is 14.9. The lowest BCUT2D eigenvalue weighted by atomic mass is 9.94. The van der Waals surface area contributed by atoms with E-state index in [0.717, 1.165) is 18.0 Å². The van der Waals surface area contributed by atoms with Crippen LogP contribution in [0, 0.1) is 5.92 Å². The van der Waals surface area contributed by atoms with Crippen molar-refractivity contribution in [1.82, 2.24) is 10.6 Å². The summed E-state index contributed by atoms with van der Waals surface area (Å²) in [6.45, 7) is 4.93. The van der Waals surface area contributed by atoms with Crippen molar-refractivity contribution in [3.05, 3.63) is 0 Å². The Labute approximate surface area is 94.2 Å². The standard InChI is InChI=1S/C13H26N2/c1-11(10-13-5-3-9-15-13)6-7-12-4-2-8-14-12/h11-15H,2-10H2,1H3. The van der Waals surface area contributed by atoms with Crippen molar-refractivity contribution in [2.24, 2.45) is 5.92 Å². The second-order valence-corrected chi connectivity index (χ2v) is 5.50. The van der Waals surface area contributed by atoms with Gasteiger partial charge in [0.05, 0.1) is 0 Å². The van der Waals surface area contributed by atoms with E-state index in [-0.39, 0.29) is 0 Å². The van der Waals surface area contributed by atoms with Crippen LogP contribution in [-0.2, 0) is 0 Å². The fraction of sp³-hybridized carbons (Fsp3) is 1.00. The zero-order chi connectivity index (χ0) is 10.5. The Balaban J connectivity index is 1.57. The molecule has 2 N–H and O–H groups in total. The molecule has 2 fully saturated rings. The Morgan fingerprint density at radius 3 is 2.33 bits per heavy atom. The van der Waals surface area contributed by atoms with Crippen LogP contribution in [0.5, 0.6) is 0 Å². The van der Waals surface area contributed by atoms with Crippen LogP contribution in [0.1, 0.15) is 51.9 Å². The first-order chi connectivity index (χ1) is 7.34. The first kappa shape index (κ1) is 11.4. The Morgan fingerprint density at radius 2 is 1.73 bits per heavy atom. The number of hydrogen-bond acceptors (Lipinski definition) is 2. The molecular weight excluding hydrogens is 184 g/mol. The van der Waals surface area contributed by atoms with E-state index in [0.29, 0.717) is 0 Å². The van der Waals surface area contributed by atoms with Crippen LogP contribution in [0.25, 0.3) is 0 Å².